The number of carbonyl (C=O) groups is 1. The standard InChI is InChI=1S/C24H27N3O5S2/c1-17-6-5-7-21(15-17)27(33(4,29)30)16-24(28)25-20-9-11-22(12-10-20)34(31,32)26-23-13-8-18(2)14-19(23)3/h5-15,26H,16H2,1-4H3,(H,25,28). The number of aryl methyl sites for hydroxylation is 3. The van der Waals surface area contributed by atoms with Crippen LogP contribution in [-0.4, -0.2) is 35.5 Å². The van der Waals surface area contributed by atoms with Crippen molar-refractivity contribution in [1.82, 2.24) is 0 Å². The van der Waals surface area contributed by atoms with Crippen molar-refractivity contribution in [2.24, 2.45) is 0 Å². The van der Waals surface area contributed by atoms with E-state index in [0.29, 0.717) is 17.1 Å². The number of amides is 1. The Labute approximate surface area is 200 Å². The maximum Gasteiger partial charge on any atom is 0.261 e. The summed E-state index contributed by atoms with van der Waals surface area (Å²) in [4.78, 5) is 12.6. The van der Waals surface area contributed by atoms with E-state index >= 15 is 0 Å². The first-order valence-electron chi connectivity index (χ1n) is 10.4. The summed E-state index contributed by atoms with van der Waals surface area (Å²) >= 11 is 0. The number of hydrogen-bond acceptors (Lipinski definition) is 5. The van der Waals surface area contributed by atoms with E-state index in [4.69, 9.17) is 0 Å². The van der Waals surface area contributed by atoms with Gasteiger partial charge in [0.2, 0.25) is 15.9 Å². The lowest BCUT2D eigenvalue weighted by Gasteiger charge is -2.22. The zero-order valence-electron chi connectivity index (χ0n) is 19.4. The van der Waals surface area contributed by atoms with Crippen molar-refractivity contribution >= 4 is 43.0 Å². The van der Waals surface area contributed by atoms with E-state index in [9.17, 15) is 21.6 Å². The highest BCUT2D eigenvalue weighted by Gasteiger charge is 2.21. The molecule has 0 heterocycles. The molecule has 0 radical (unpaired) electrons. The minimum Gasteiger partial charge on any atom is -0.325 e. The van der Waals surface area contributed by atoms with Gasteiger partial charge in [-0.2, -0.15) is 0 Å². The maximum absolute atomic E-state index is 12.7. The zero-order chi connectivity index (χ0) is 25.1. The molecule has 0 fully saturated rings. The Hall–Kier alpha value is -3.37. The molecule has 1 amide bonds. The van der Waals surface area contributed by atoms with Gasteiger partial charge in [0.15, 0.2) is 0 Å². The van der Waals surface area contributed by atoms with Crippen LogP contribution < -0.4 is 14.3 Å². The normalized spacial score (nSPS) is 11.6. The molecule has 0 aliphatic carbocycles. The van der Waals surface area contributed by atoms with Gasteiger partial charge in [0.05, 0.1) is 22.5 Å². The number of nitrogens with one attached hydrogen (secondary N) is 2. The highest BCUT2D eigenvalue weighted by molar-refractivity contribution is 7.92. The summed E-state index contributed by atoms with van der Waals surface area (Å²) in [5.41, 5.74) is 3.90. The van der Waals surface area contributed by atoms with Crippen LogP contribution in [0.2, 0.25) is 0 Å². The molecule has 180 valence electrons. The molecule has 0 aromatic heterocycles. The fourth-order valence-electron chi connectivity index (χ4n) is 3.36. The minimum absolute atomic E-state index is 0.0306. The number of rotatable bonds is 8. The van der Waals surface area contributed by atoms with Gasteiger partial charge in [0, 0.05) is 5.69 Å². The molecule has 0 unspecified atom stereocenters. The van der Waals surface area contributed by atoms with Crippen molar-refractivity contribution in [3.63, 3.8) is 0 Å². The third-order valence-corrected chi connectivity index (χ3v) is 7.57. The lowest BCUT2D eigenvalue weighted by molar-refractivity contribution is -0.114. The third kappa shape index (κ3) is 6.36. The Bertz CT molecular complexity index is 1420. The molecule has 8 nitrogen and oxygen atoms in total. The molecule has 3 aromatic carbocycles. The third-order valence-electron chi connectivity index (χ3n) is 5.05. The highest BCUT2D eigenvalue weighted by Crippen LogP contribution is 2.22. The molecule has 0 atom stereocenters. The molecule has 2 N–H and O–H groups in total. The second-order valence-corrected chi connectivity index (χ2v) is 11.7. The van der Waals surface area contributed by atoms with Crippen LogP contribution in [0.25, 0.3) is 0 Å². The second kappa shape index (κ2) is 9.86. The Balaban J connectivity index is 1.72. The number of hydrogen-bond donors (Lipinski definition) is 2. The van der Waals surface area contributed by atoms with Crippen LogP contribution in [0.15, 0.2) is 71.6 Å². The maximum atomic E-state index is 12.7. The minimum atomic E-state index is -3.82. The smallest absolute Gasteiger partial charge is 0.261 e. The molecule has 3 aromatic rings. The highest BCUT2D eigenvalue weighted by atomic mass is 32.2. The number of sulfonamides is 2. The zero-order valence-corrected chi connectivity index (χ0v) is 21.0. The summed E-state index contributed by atoms with van der Waals surface area (Å²) in [7, 11) is -7.52. The first kappa shape index (κ1) is 25.3. The van der Waals surface area contributed by atoms with Crippen molar-refractivity contribution in [1.29, 1.82) is 0 Å². The largest absolute Gasteiger partial charge is 0.325 e. The van der Waals surface area contributed by atoms with Crippen LogP contribution in [0.5, 0.6) is 0 Å². The fourth-order valence-corrected chi connectivity index (χ4v) is 5.34. The Morgan fingerprint density at radius 3 is 2.09 bits per heavy atom. The van der Waals surface area contributed by atoms with Gasteiger partial charge >= 0.3 is 0 Å². The van der Waals surface area contributed by atoms with Crippen LogP contribution in [0.1, 0.15) is 16.7 Å². The van der Waals surface area contributed by atoms with Gasteiger partial charge in [-0.25, -0.2) is 16.8 Å². The van der Waals surface area contributed by atoms with E-state index in [2.05, 4.69) is 10.0 Å². The van der Waals surface area contributed by atoms with Crippen molar-refractivity contribution in [3.8, 4) is 0 Å². The summed E-state index contributed by atoms with van der Waals surface area (Å²) in [5, 5.41) is 2.61. The number of nitrogens with zero attached hydrogens (tertiary/aromatic N) is 1. The number of carbonyl (C=O) groups excluding carboxylic acids is 1. The molecule has 34 heavy (non-hydrogen) atoms. The molecular weight excluding hydrogens is 474 g/mol. The predicted molar refractivity (Wildman–Crippen MR) is 135 cm³/mol. The molecule has 0 saturated carbocycles. The predicted octanol–water partition coefficient (Wildman–Crippen LogP) is 3.82. The summed E-state index contributed by atoms with van der Waals surface area (Å²) in [6.07, 6.45) is 1.03. The van der Waals surface area contributed by atoms with E-state index in [0.717, 1.165) is 27.3 Å². The Kier molecular flexibility index (Phi) is 7.32. The van der Waals surface area contributed by atoms with Gasteiger partial charge < -0.3 is 5.32 Å². The van der Waals surface area contributed by atoms with Crippen molar-refractivity contribution in [3.05, 3.63) is 83.4 Å². The summed E-state index contributed by atoms with van der Waals surface area (Å²) < 4.78 is 53.6. The molecule has 0 aliphatic heterocycles. The van der Waals surface area contributed by atoms with Gasteiger partial charge in [-0.15, -0.1) is 0 Å². The van der Waals surface area contributed by atoms with E-state index in [1.54, 1.807) is 24.3 Å². The summed E-state index contributed by atoms with van der Waals surface area (Å²) in [5.74, 6) is -0.559. The van der Waals surface area contributed by atoms with Crippen molar-refractivity contribution in [2.45, 2.75) is 25.7 Å². The average Bonchev–Trinajstić information content (AvgIpc) is 2.73. The molecule has 0 saturated heterocycles. The fraction of sp³-hybridized carbons (Fsp3) is 0.208. The van der Waals surface area contributed by atoms with E-state index in [-0.39, 0.29) is 4.90 Å². The molecular formula is C24H27N3O5S2. The van der Waals surface area contributed by atoms with E-state index in [1.807, 2.05) is 39.0 Å². The summed E-state index contributed by atoms with van der Waals surface area (Å²) in [6.45, 7) is 5.15. The van der Waals surface area contributed by atoms with Crippen LogP contribution in [0.4, 0.5) is 17.1 Å². The number of anilines is 3. The van der Waals surface area contributed by atoms with Gasteiger partial charge in [-0.3, -0.25) is 13.8 Å². The molecule has 3 rings (SSSR count). The van der Waals surface area contributed by atoms with Crippen molar-refractivity contribution in [2.75, 3.05) is 27.1 Å². The SMILES string of the molecule is Cc1cccc(N(CC(=O)Nc2ccc(S(=O)(=O)Nc3ccc(C)cc3C)cc2)S(C)(=O)=O)c1. The number of benzene rings is 3. The second-order valence-electron chi connectivity index (χ2n) is 8.11. The molecule has 0 bridgehead atoms. The molecule has 0 spiro atoms. The van der Waals surface area contributed by atoms with Crippen LogP contribution in [0.3, 0.4) is 0 Å². The topological polar surface area (TPSA) is 113 Å². The van der Waals surface area contributed by atoms with Gasteiger partial charge in [-0.1, -0.05) is 29.8 Å². The van der Waals surface area contributed by atoms with Gasteiger partial charge in [-0.05, 0) is 74.4 Å². The summed E-state index contributed by atoms with van der Waals surface area (Å²) in [6, 6.07) is 17.9. The quantitative estimate of drug-likeness (QED) is 0.487. The van der Waals surface area contributed by atoms with Gasteiger partial charge in [0.1, 0.15) is 6.54 Å². The van der Waals surface area contributed by atoms with E-state index < -0.39 is 32.5 Å². The molecule has 10 heteroatoms. The van der Waals surface area contributed by atoms with Gasteiger partial charge in [0.25, 0.3) is 10.0 Å². The van der Waals surface area contributed by atoms with Crippen molar-refractivity contribution < 1.29 is 21.6 Å². The molecule has 0 aliphatic rings. The monoisotopic (exact) mass is 501 g/mol. The van der Waals surface area contributed by atoms with Crippen LogP contribution in [0, 0.1) is 20.8 Å². The van der Waals surface area contributed by atoms with E-state index in [1.165, 1.54) is 24.3 Å². The van der Waals surface area contributed by atoms with Crippen LogP contribution in [-0.2, 0) is 24.8 Å². The average molecular weight is 502 g/mol. The Morgan fingerprint density at radius 2 is 1.50 bits per heavy atom. The lowest BCUT2D eigenvalue weighted by Crippen LogP contribution is -2.37. The lowest BCUT2D eigenvalue weighted by atomic mass is 10.1. The first-order valence-corrected chi connectivity index (χ1v) is 13.7. The Morgan fingerprint density at radius 1 is 0.853 bits per heavy atom. The first-order chi connectivity index (χ1) is 15.8. The van der Waals surface area contributed by atoms with Crippen LogP contribution >= 0.6 is 0 Å².